The summed E-state index contributed by atoms with van der Waals surface area (Å²) in [6.45, 7) is 2.14. The summed E-state index contributed by atoms with van der Waals surface area (Å²) < 4.78 is 0. The largest absolute Gasteiger partial charge is 0.311 e. The lowest BCUT2D eigenvalue weighted by Crippen LogP contribution is -1.84. The predicted octanol–water partition coefficient (Wildman–Crippen LogP) is 0.519. The summed E-state index contributed by atoms with van der Waals surface area (Å²) in [5.74, 6) is 0. The molecule has 2 heteroatoms. The maximum absolute atomic E-state index is 3.80. The summed E-state index contributed by atoms with van der Waals surface area (Å²) in [7, 11) is 2.92. The fourth-order valence-electron chi connectivity index (χ4n) is 0.258. The van der Waals surface area contributed by atoms with Crippen molar-refractivity contribution in [3.05, 3.63) is 0 Å². The Balaban J connectivity index is 2.66. The fourth-order valence-corrected chi connectivity index (χ4v) is 0.258. The standard InChI is InChI=1S/C4H10BN/c1-3-5-4-6-2/h4-5H,3H2,1-2H3. The molecular formula is C4H10BN. The molecule has 0 aliphatic carbocycles. The second-order valence-corrected chi connectivity index (χ2v) is 1.23. The van der Waals surface area contributed by atoms with E-state index in [2.05, 4.69) is 11.9 Å². The first-order valence-corrected chi connectivity index (χ1v) is 2.32. The molecule has 0 fully saturated rings. The van der Waals surface area contributed by atoms with Crippen molar-refractivity contribution in [2.75, 3.05) is 7.05 Å². The lowest BCUT2D eigenvalue weighted by atomic mass is 9.78. The molecule has 0 aromatic heterocycles. The van der Waals surface area contributed by atoms with Gasteiger partial charge in [0.1, 0.15) is 0 Å². The molecular weight excluding hydrogens is 72.9 g/mol. The molecule has 0 atom stereocenters. The minimum Gasteiger partial charge on any atom is -0.311 e. The van der Waals surface area contributed by atoms with Crippen LogP contribution in [0.2, 0.25) is 6.32 Å². The normalized spacial score (nSPS) is 9.67. The van der Waals surface area contributed by atoms with Crippen molar-refractivity contribution in [1.82, 2.24) is 0 Å². The van der Waals surface area contributed by atoms with Crippen molar-refractivity contribution < 1.29 is 0 Å². The van der Waals surface area contributed by atoms with E-state index in [4.69, 9.17) is 0 Å². The summed E-state index contributed by atoms with van der Waals surface area (Å²) in [4.78, 5) is 3.80. The zero-order valence-corrected chi connectivity index (χ0v) is 4.44. The highest BCUT2D eigenvalue weighted by atomic mass is 14.6. The monoisotopic (exact) mass is 83.1 g/mol. The molecule has 0 spiro atoms. The molecule has 1 nitrogen and oxygen atoms in total. The van der Waals surface area contributed by atoms with E-state index in [0.29, 0.717) is 0 Å². The van der Waals surface area contributed by atoms with Crippen LogP contribution in [0.4, 0.5) is 0 Å². The summed E-state index contributed by atoms with van der Waals surface area (Å²) in [6.07, 6.45) is 3.14. The third kappa shape index (κ3) is 3.73. The van der Waals surface area contributed by atoms with Gasteiger partial charge in [0.2, 0.25) is 0 Å². The molecule has 0 aromatic carbocycles. The van der Waals surface area contributed by atoms with Gasteiger partial charge in [0.05, 0.1) is 0 Å². The maximum atomic E-state index is 3.80. The molecule has 0 aliphatic rings. The number of nitrogens with zero attached hydrogens (tertiary/aromatic N) is 1. The van der Waals surface area contributed by atoms with Gasteiger partial charge in [-0.1, -0.05) is 13.2 Å². The molecule has 0 unspecified atom stereocenters. The summed E-state index contributed by atoms with van der Waals surface area (Å²) in [6, 6.07) is 0. The van der Waals surface area contributed by atoms with E-state index in [1.807, 2.05) is 6.11 Å². The minimum absolute atomic E-state index is 1.12. The Labute approximate surface area is 39.7 Å². The van der Waals surface area contributed by atoms with Crippen LogP contribution in [0.5, 0.6) is 0 Å². The smallest absolute Gasteiger partial charge is 0.171 e. The lowest BCUT2D eigenvalue weighted by molar-refractivity contribution is 1.45. The average molecular weight is 82.9 g/mol. The van der Waals surface area contributed by atoms with Crippen LogP contribution in [0.15, 0.2) is 4.99 Å². The van der Waals surface area contributed by atoms with Gasteiger partial charge in [0.25, 0.3) is 0 Å². The third-order valence-electron chi connectivity index (χ3n) is 0.600. The van der Waals surface area contributed by atoms with Crippen LogP contribution in [0.3, 0.4) is 0 Å². The molecule has 0 heterocycles. The van der Waals surface area contributed by atoms with Crippen LogP contribution in [0.25, 0.3) is 0 Å². The van der Waals surface area contributed by atoms with Gasteiger partial charge in [-0.25, -0.2) is 0 Å². The van der Waals surface area contributed by atoms with Gasteiger partial charge < -0.3 is 4.99 Å². The first kappa shape index (κ1) is 5.73. The number of hydrogen-bond donors (Lipinski definition) is 0. The summed E-state index contributed by atoms with van der Waals surface area (Å²) in [5, 5.41) is 0. The van der Waals surface area contributed by atoms with Gasteiger partial charge in [0, 0.05) is 7.05 Å². The molecule has 0 saturated heterocycles. The van der Waals surface area contributed by atoms with Crippen molar-refractivity contribution in [3.8, 4) is 0 Å². The van der Waals surface area contributed by atoms with Crippen molar-refractivity contribution in [2.24, 2.45) is 4.99 Å². The minimum atomic E-state index is 1.12. The highest BCUT2D eigenvalue weighted by Gasteiger charge is 1.71. The van der Waals surface area contributed by atoms with Crippen LogP contribution in [0.1, 0.15) is 6.92 Å². The quantitative estimate of drug-likeness (QED) is 0.341. The van der Waals surface area contributed by atoms with Gasteiger partial charge in [-0.3, -0.25) is 0 Å². The summed E-state index contributed by atoms with van der Waals surface area (Å²) >= 11 is 0. The van der Waals surface area contributed by atoms with Gasteiger partial charge >= 0.3 is 0 Å². The van der Waals surface area contributed by atoms with Gasteiger partial charge in [-0.15, -0.1) is 0 Å². The van der Waals surface area contributed by atoms with E-state index in [0.717, 1.165) is 7.28 Å². The van der Waals surface area contributed by atoms with E-state index in [-0.39, 0.29) is 0 Å². The van der Waals surface area contributed by atoms with Crippen LogP contribution in [0, 0.1) is 0 Å². The zero-order valence-electron chi connectivity index (χ0n) is 4.44. The molecule has 0 saturated carbocycles. The molecule has 0 radical (unpaired) electrons. The molecule has 0 aromatic rings. The maximum Gasteiger partial charge on any atom is 0.171 e. The van der Waals surface area contributed by atoms with E-state index in [1.165, 1.54) is 6.32 Å². The third-order valence-corrected chi connectivity index (χ3v) is 0.600. The Kier molecular flexibility index (Phi) is 4.53. The number of rotatable bonds is 2. The first-order chi connectivity index (χ1) is 2.91. The Hall–Kier alpha value is -0.265. The van der Waals surface area contributed by atoms with Crippen molar-refractivity contribution in [1.29, 1.82) is 0 Å². The van der Waals surface area contributed by atoms with Crippen LogP contribution < -0.4 is 0 Å². The Morgan fingerprint density at radius 1 is 1.83 bits per heavy atom. The molecule has 6 heavy (non-hydrogen) atoms. The van der Waals surface area contributed by atoms with Gasteiger partial charge in [-0.05, 0) is 6.11 Å². The molecule has 0 aliphatic heterocycles. The van der Waals surface area contributed by atoms with E-state index < -0.39 is 0 Å². The average Bonchev–Trinajstić information content (AvgIpc) is 1.61. The highest BCUT2D eigenvalue weighted by molar-refractivity contribution is 6.67. The van der Waals surface area contributed by atoms with Gasteiger partial charge in [0.15, 0.2) is 7.28 Å². The predicted molar refractivity (Wildman–Crippen MR) is 32.0 cm³/mol. The number of aliphatic imine (C=N–C) groups is 1. The van der Waals surface area contributed by atoms with E-state index in [9.17, 15) is 0 Å². The highest BCUT2D eigenvalue weighted by Crippen LogP contribution is 1.65. The van der Waals surface area contributed by atoms with Crippen LogP contribution >= 0.6 is 0 Å². The van der Waals surface area contributed by atoms with Crippen LogP contribution in [-0.4, -0.2) is 20.4 Å². The Morgan fingerprint density at radius 3 is 2.67 bits per heavy atom. The molecule has 0 rings (SSSR count). The SMILES string of the molecule is CCBC=NC. The van der Waals surface area contributed by atoms with Crippen molar-refractivity contribution in [2.45, 2.75) is 13.2 Å². The van der Waals surface area contributed by atoms with E-state index >= 15 is 0 Å². The van der Waals surface area contributed by atoms with Crippen molar-refractivity contribution in [3.63, 3.8) is 0 Å². The first-order valence-electron chi connectivity index (χ1n) is 2.32. The van der Waals surface area contributed by atoms with Crippen molar-refractivity contribution >= 4 is 13.4 Å². The zero-order chi connectivity index (χ0) is 4.83. The Bertz CT molecular complexity index is 42.8. The van der Waals surface area contributed by atoms with Crippen LogP contribution in [-0.2, 0) is 0 Å². The van der Waals surface area contributed by atoms with E-state index in [1.54, 1.807) is 7.05 Å². The molecule has 0 N–H and O–H groups in total. The molecule has 0 amide bonds. The molecule has 0 bridgehead atoms. The fraction of sp³-hybridized carbons (Fsp3) is 0.750. The van der Waals surface area contributed by atoms with Gasteiger partial charge in [-0.2, -0.15) is 0 Å². The topological polar surface area (TPSA) is 12.4 Å². The second-order valence-electron chi connectivity index (χ2n) is 1.23. The number of hydrogen-bond acceptors (Lipinski definition) is 1. The molecule has 34 valence electrons. The lowest BCUT2D eigenvalue weighted by Gasteiger charge is -1.72. The summed E-state index contributed by atoms with van der Waals surface area (Å²) in [5.41, 5.74) is 0. The second kappa shape index (κ2) is 4.73. The Morgan fingerprint density at radius 2 is 2.50 bits per heavy atom.